The highest BCUT2D eigenvalue weighted by Gasteiger charge is 2.19. The molecule has 28 heavy (non-hydrogen) atoms. The van der Waals surface area contributed by atoms with E-state index < -0.39 is 11.7 Å². The van der Waals surface area contributed by atoms with Gasteiger partial charge in [0.15, 0.2) is 0 Å². The van der Waals surface area contributed by atoms with Crippen molar-refractivity contribution < 1.29 is 9.18 Å². The molecule has 0 atom stereocenters. The number of nitrogens with zero attached hydrogens (tertiary/aromatic N) is 2. The maximum atomic E-state index is 13.9. The van der Waals surface area contributed by atoms with E-state index in [2.05, 4.69) is 10.4 Å². The lowest BCUT2D eigenvalue weighted by atomic mass is 10.1. The minimum absolute atomic E-state index is 0.141. The molecular weight excluding hydrogens is 353 g/mol. The normalized spacial score (nSPS) is 10.6. The number of anilines is 1. The van der Waals surface area contributed by atoms with E-state index in [1.807, 2.05) is 60.7 Å². The molecule has 5 heteroatoms. The Labute approximate surface area is 162 Å². The van der Waals surface area contributed by atoms with Gasteiger partial charge in [-0.25, -0.2) is 4.39 Å². The average Bonchev–Trinajstić information content (AvgIpc) is 3.15. The fourth-order valence-corrected chi connectivity index (χ4v) is 3.00. The number of aromatic nitrogens is 2. The van der Waals surface area contributed by atoms with E-state index in [1.54, 1.807) is 23.0 Å². The average molecular weight is 371 g/mol. The molecule has 4 nitrogen and oxygen atoms in total. The van der Waals surface area contributed by atoms with Gasteiger partial charge in [0.1, 0.15) is 11.5 Å². The first-order chi connectivity index (χ1) is 13.7. The van der Waals surface area contributed by atoms with Crippen molar-refractivity contribution in [3.05, 3.63) is 108 Å². The number of halogens is 1. The van der Waals surface area contributed by atoms with Gasteiger partial charge in [-0.1, -0.05) is 72.8 Å². The van der Waals surface area contributed by atoms with E-state index in [1.165, 1.54) is 12.1 Å². The van der Waals surface area contributed by atoms with Crippen molar-refractivity contribution in [1.29, 1.82) is 0 Å². The minimum atomic E-state index is -0.478. The van der Waals surface area contributed by atoms with E-state index in [0.29, 0.717) is 17.8 Å². The first-order valence-corrected chi connectivity index (χ1v) is 8.93. The molecule has 1 aromatic heterocycles. The number of hydrogen-bond acceptors (Lipinski definition) is 2. The molecule has 3 aromatic carbocycles. The second-order valence-corrected chi connectivity index (χ2v) is 6.37. The van der Waals surface area contributed by atoms with Crippen LogP contribution in [0.1, 0.15) is 15.9 Å². The number of nitrogens with one attached hydrogen (secondary N) is 1. The van der Waals surface area contributed by atoms with E-state index in [4.69, 9.17) is 0 Å². The molecule has 0 aliphatic heterocycles. The van der Waals surface area contributed by atoms with Crippen LogP contribution in [0.5, 0.6) is 0 Å². The Morgan fingerprint density at radius 1 is 0.893 bits per heavy atom. The number of amides is 1. The largest absolute Gasteiger partial charge is 0.319 e. The summed E-state index contributed by atoms with van der Waals surface area (Å²) in [5, 5.41) is 7.27. The van der Waals surface area contributed by atoms with Crippen LogP contribution >= 0.6 is 0 Å². The molecule has 0 saturated carbocycles. The minimum Gasteiger partial charge on any atom is -0.319 e. The highest BCUT2D eigenvalue weighted by molar-refractivity contribution is 6.08. The van der Waals surface area contributed by atoms with Crippen LogP contribution in [0.4, 0.5) is 10.1 Å². The summed E-state index contributed by atoms with van der Waals surface area (Å²) < 4.78 is 15.7. The number of carbonyl (C=O) groups is 1. The van der Waals surface area contributed by atoms with Gasteiger partial charge in [0, 0.05) is 11.8 Å². The van der Waals surface area contributed by atoms with Gasteiger partial charge in [-0.05, 0) is 17.7 Å². The predicted molar refractivity (Wildman–Crippen MR) is 108 cm³/mol. The van der Waals surface area contributed by atoms with Crippen LogP contribution in [0.15, 0.2) is 91.1 Å². The number of benzene rings is 3. The van der Waals surface area contributed by atoms with Crippen molar-refractivity contribution in [3.63, 3.8) is 0 Å². The SMILES string of the molecule is O=C(Nc1ccccc1F)c1cn(Cc2ccccc2)nc1-c1ccccc1. The maximum absolute atomic E-state index is 13.9. The molecule has 1 heterocycles. The molecule has 0 spiro atoms. The predicted octanol–water partition coefficient (Wildman–Crippen LogP) is 4.99. The van der Waals surface area contributed by atoms with Gasteiger partial charge < -0.3 is 5.32 Å². The van der Waals surface area contributed by atoms with E-state index in [0.717, 1.165) is 11.1 Å². The standard InChI is InChI=1S/C23H18FN3O/c24-20-13-7-8-14-21(20)25-23(28)19-16-27(15-17-9-3-1-4-10-17)26-22(19)18-11-5-2-6-12-18/h1-14,16H,15H2,(H,25,28). The summed E-state index contributed by atoms with van der Waals surface area (Å²) >= 11 is 0. The highest BCUT2D eigenvalue weighted by atomic mass is 19.1. The zero-order chi connectivity index (χ0) is 19.3. The first kappa shape index (κ1) is 17.7. The lowest BCUT2D eigenvalue weighted by Crippen LogP contribution is -2.13. The summed E-state index contributed by atoms with van der Waals surface area (Å²) in [6, 6.07) is 25.5. The van der Waals surface area contributed by atoms with Crippen molar-refractivity contribution in [2.24, 2.45) is 0 Å². The molecule has 4 rings (SSSR count). The molecule has 4 aromatic rings. The molecule has 1 N–H and O–H groups in total. The second kappa shape index (κ2) is 7.88. The second-order valence-electron chi connectivity index (χ2n) is 6.37. The highest BCUT2D eigenvalue weighted by Crippen LogP contribution is 2.24. The quantitative estimate of drug-likeness (QED) is 0.537. The number of para-hydroxylation sites is 1. The van der Waals surface area contributed by atoms with Crippen molar-refractivity contribution in [2.75, 3.05) is 5.32 Å². The number of hydrogen-bond donors (Lipinski definition) is 1. The van der Waals surface area contributed by atoms with Crippen LogP contribution in [0, 0.1) is 5.82 Å². The van der Waals surface area contributed by atoms with Crippen LogP contribution in [0.3, 0.4) is 0 Å². The Bertz CT molecular complexity index is 1090. The number of rotatable bonds is 5. The van der Waals surface area contributed by atoms with Crippen molar-refractivity contribution in [3.8, 4) is 11.3 Å². The van der Waals surface area contributed by atoms with E-state index >= 15 is 0 Å². The maximum Gasteiger partial charge on any atom is 0.259 e. The van der Waals surface area contributed by atoms with Crippen LogP contribution in [0.2, 0.25) is 0 Å². The Morgan fingerprint density at radius 3 is 2.25 bits per heavy atom. The Morgan fingerprint density at radius 2 is 1.54 bits per heavy atom. The smallest absolute Gasteiger partial charge is 0.259 e. The fraction of sp³-hybridized carbons (Fsp3) is 0.0435. The monoisotopic (exact) mass is 371 g/mol. The van der Waals surface area contributed by atoms with Gasteiger partial charge >= 0.3 is 0 Å². The zero-order valence-electron chi connectivity index (χ0n) is 15.0. The van der Waals surface area contributed by atoms with Crippen LogP contribution in [-0.4, -0.2) is 15.7 Å². The summed E-state index contributed by atoms with van der Waals surface area (Å²) in [5.41, 5.74) is 3.00. The zero-order valence-corrected chi connectivity index (χ0v) is 15.0. The third-order valence-corrected chi connectivity index (χ3v) is 4.36. The third-order valence-electron chi connectivity index (χ3n) is 4.36. The van der Waals surface area contributed by atoms with Gasteiger partial charge in [-0.3, -0.25) is 9.48 Å². The Balaban J connectivity index is 1.70. The molecule has 0 saturated heterocycles. The molecule has 0 aliphatic carbocycles. The summed E-state index contributed by atoms with van der Waals surface area (Å²) in [4.78, 5) is 12.9. The third kappa shape index (κ3) is 3.83. The topological polar surface area (TPSA) is 46.9 Å². The van der Waals surface area contributed by atoms with Gasteiger partial charge in [-0.2, -0.15) is 5.10 Å². The van der Waals surface area contributed by atoms with Crippen LogP contribution in [-0.2, 0) is 6.54 Å². The lowest BCUT2D eigenvalue weighted by Gasteiger charge is -2.06. The number of carbonyl (C=O) groups excluding carboxylic acids is 1. The molecule has 138 valence electrons. The Hall–Kier alpha value is -3.73. The van der Waals surface area contributed by atoms with Gasteiger partial charge in [0.25, 0.3) is 5.91 Å². The van der Waals surface area contributed by atoms with Crippen molar-refractivity contribution in [2.45, 2.75) is 6.54 Å². The molecule has 0 fully saturated rings. The van der Waals surface area contributed by atoms with Crippen molar-refractivity contribution in [1.82, 2.24) is 9.78 Å². The van der Waals surface area contributed by atoms with Crippen LogP contribution < -0.4 is 5.32 Å². The first-order valence-electron chi connectivity index (χ1n) is 8.93. The van der Waals surface area contributed by atoms with E-state index in [-0.39, 0.29) is 5.69 Å². The molecule has 1 amide bonds. The van der Waals surface area contributed by atoms with Gasteiger partial charge in [0.2, 0.25) is 0 Å². The Kier molecular flexibility index (Phi) is 4.97. The molecule has 0 radical (unpaired) electrons. The molecule has 0 unspecified atom stereocenters. The summed E-state index contributed by atoms with van der Waals surface area (Å²) in [7, 11) is 0. The van der Waals surface area contributed by atoms with Crippen molar-refractivity contribution >= 4 is 11.6 Å². The van der Waals surface area contributed by atoms with E-state index in [9.17, 15) is 9.18 Å². The molecule has 0 bridgehead atoms. The molecular formula is C23H18FN3O. The summed E-state index contributed by atoms with van der Waals surface area (Å²) in [6.45, 7) is 0.535. The lowest BCUT2D eigenvalue weighted by molar-refractivity contribution is 0.102. The summed E-state index contributed by atoms with van der Waals surface area (Å²) in [6.07, 6.45) is 1.70. The summed E-state index contributed by atoms with van der Waals surface area (Å²) in [5.74, 6) is -0.878. The van der Waals surface area contributed by atoms with Gasteiger partial charge in [0.05, 0.1) is 17.8 Å². The molecule has 0 aliphatic rings. The fourth-order valence-electron chi connectivity index (χ4n) is 3.00. The van der Waals surface area contributed by atoms with Crippen LogP contribution in [0.25, 0.3) is 11.3 Å². The van der Waals surface area contributed by atoms with Gasteiger partial charge in [-0.15, -0.1) is 0 Å².